The summed E-state index contributed by atoms with van der Waals surface area (Å²) in [5.74, 6) is 0.445. The second-order valence-corrected chi connectivity index (χ2v) is 8.55. The van der Waals surface area contributed by atoms with Gasteiger partial charge in [-0.25, -0.2) is 8.42 Å². The van der Waals surface area contributed by atoms with Gasteiger partial charge in [0.15, 0.2) is 15.6 Å². The lowest BCUT2D eigenvalue weighted by Gasteiger charge is -2.20. The number of halogens is 1. The summed E-state index contributed by atoms with van der Waals surface area (Å²) < 4.78 is 28.4. The number of ether oxygens (including phenoxy) is 1. The molecule has 2 rings (SSSR count). The molecule has 0 amide bonds. The third kappa shape index (κ3) is 5.31. The number of hydrogen-bond acceptors (Lipinski definition) is 5. The van der Waals surface area contributed by atoms with Crippen molar-refractivity contribution in [3.63, 3.8) is 0 Å². The number of sulfone groups is 1. The molecule has 0 radical (unpaired) electrons. The van der Waals surface area contributed by atoms with Crippen LogP contribution in [0.15, 0.2) is 23.1 Å². The van der Waals surface area contributed by atoms with Crippen molar-refractivity contribution in [3.8, 4) is 5.75 Å². The molecule has 0 aliphatic heterocycles. The molecule has 0 unspecified atom stereocenters. The van der Waals surface area contributed by atoms with Gasteiger partial charge in [0.1, 0.15) is 10.8 Å². The molecule has 0 spiro atoms. The Bertz CT molecular complexity index is 716. The molecular formula is C17H21ClO5S. The Morgan fingerprint density at radius 2 is 1.96 bits per heavy atom. The van der Waals surface area contributed by atoms with Crippen LogP contribution in [-0.4, -0.2) is 26.4 Å². The molecule has 1 aromatic carbocycles. The van der Waals surface area contributed by atoms with Crippen LogP contribution in [0.4, 0.5) is 0 Å². The van der Waals surface area contributed by atoms with Gasteiger partial charge in [0.25, 0.3) is 0 Å². The topological polar surface area (TPSA) is 77.5 Å². The van der Waals surface area contributed by atoms with Gasteiger partial charge in [0.05, 0.1) is 4.90 Å². The van der Waals surface area contributed by atoms with E-state index in [-0.39, 0.29) is 22.1 Å². The SMILES string of the molecule is CS(=O)(=O)c1cccc(OC(=O)CCCC2CCC(=O)CC2)c1Cl. The molecule has 0 N–H and O–H groups in total. The van der Waals surface area contributed by atoms with Crippen LogP contribution in [-0.2, 0) is 19.4 Å². The molecule has 0 aromatic heterocycles. The number of ketones is 1. The summed E-state index contributed by atoms with van der Waals surface area (Å²) in [5, 5.41) is -0.0702. The molecule has 0 bridgehead atoms. The van der Waals surface area contributed by atoms with Gasteiger partial charge in [0.2, 0.25) is 0 Å². The molecule has 1 aromatic rings. The number of Topliss-reactive ketones (excluding diaryl/α,β-unsaturated/α-hetero) is 1. The highest BCUT2D eigenvalue weighted by molar-refractivity contribution is 7.90. The molecular weight excluding hydrogens is 352 g/mol. The van der Waals surface area contributed by atoms with Crippen molar-refractivity contribution in [1.82, 2.24) is 0 Å². The fraction of sp³-hybridized carbons (Fsp3) is 0.529. The predicted octanol–water partition coefficient (Wildman–Crippen LogP) is 3.58. The van der Waals surface area contributed by atoms with E-state index in [4.69, 9.17) is 16.3 Å². The standard InChI is InChI=1S/C17H21ClO5S/c1-24(21,22)15-6-3-5-14(17(15)18)23-16(20)7-2-4-12-8-10-13(19)11-9-12/h3,5-6,12H,2,4,7-11H2,1H3. The minimum absolute atomic E-state index is 0.0543. The summed E-state index contributed by atoms with van der Waals surface area (Å²) >= 11 is 6.02. The first-order valence-electron chi connectivity index (χ1n) is 7.98. The molecule has 0 saturated heterocycles. The minimum atomic E-state index is -3.48. The van der Waals surface area contributed by atoms with E-state index in [9.17, 15) is 18.0 Å². The van der Waals surface area contributed by atoms with Gasteiger partial charge < -0.3 is 4.74 Å². The number of hydrogen-bond donors (Lipinski definition) is 0. The Hall–Kier alpha value is -1.40. The third-order valence-electron chi connectivity index (χ3n) is 4.21. The number of esters is 1. The van der Waals surface area contributed by atoms with Crippen LogP contribution >= 0.6 is 11.6 Å². The average Bonchev–Trinajstić information content (AvgIpc) is 2.50. The van der Waals surface area contributed by atoms with E-state index < -0.39 is 15.8 Å². The Morgan fingerprint density at radius 1 is 1.29 bits per heavy atom. The average molecular weight is 373 g/mol. The van der Waals surface area contributed by atoms with Gasteiger partial charge in [0, 0.05) is 25.5 Å². The van der Waals surface area contributed by atoms with Gasteiger partial charge >= 0.3 is 5.97 Å². The quantitative estimate of drug-likeness (QED) is 0.563. The van der Waals surface area contributed by atoms with Gasteiger partial charge in [-0.2, -0.15) is 0 Å². The molecule has 24 heavy (non-hydrogen) atoms. The Labute approximate surface area is 147 Å². The third-order valence-corrected chi connectivity index (χ3v) is 5.85. The van der Waals surface area contributed by atoms with Crippen molar-refractivity contribution >= 4 is 33.2 Å². The highest BCUT2D eigenvalue weighted by Crippen LogP contribution is 2.32. The highest BCUT2D eigenvalue weighted by atomic mass is 35.5. The maximum atomic E-state index is 11.9. The van der Waals surface area contributed by atoms with Crippen molar-refractivity contribution in [1.29, 1.82) is 0 Å². The summed E-state index contributed by atoms with van der Waals surface area (Å²) in [6, 6.07) is 4.34. The van der Waals surface area contributed by atoms with Crippen molar-refractivity contribution in [2.45, 2.75) is 49.8 Å². The van der Waals surface area contributed by atoms with E-state index in [2.05, 4.69) is 0 Å². The predicted molar refractivity (Wildman–Crippen MR) is 91.0 cm³/mol. The van der Waals surface area contributed by atoms with Crippen LogP contribution < -0.4 is 4.74 Å². The van der Waals surface area contributed by atoms with E-state index in [1.807, 2.05) is 0 Å². The summed E-state index contributed by atoms with van der Waals surface area (Å²) in [4.78, 5) is 23.1. The molecule has 5 nitrogen and oxygen atoms in total. The lowest BCUT2D eigenvalue weighted by Crippen LogP contribution is -2.15. The second-order valence-electron chi connectivity index (χ2n) is 6.19. The van der Waals surface area contributed by atoms with Crippen molar-refractivity contribution < 1.29 is 22.7 Å². The maximum Gasteiger partial charge on any atom is 0.311 e. The molecule has 1 fully saturated rings. The molecule has 1 aliphatic carbocycles. The first kappa shape index (κ1) is 18.9. The van der Waals surface area contributed by atoms with E-state index >= 15 is 0 Å². The van der Waals surface area contributed by atoms with E-state index in [0.717, 1.165) is 25.5 Å². The molecule has 0 atom stereocenters. The largest absolute Gasteiger partial charge is 0.425 e. The fourth-order valence-corrected chi connectivity index (χ4v) is 4.19. The molecule has 7 heteroatoms. The Kier molecular flexibility index (Phi) is 6.40. The zero-order valence-electron chi connectivity index (χ0n) is 13.6. The molecule has 132 valence electrons. The van der Waals surface area contributed by atoms with Crippen LogP contribution in [0.1, 0.15) is 44.9 Å². The summed E-state index contributed by atoms with van der Waals surface area (Å²) in [6.45, 7) is 0. The highest BCUT2D eigenvalue weighted by Gasteiger charge is 2.20. The lowest BCUT2D eigenvalue weighted by atomic mass is 9.85. The zero-order chi connectivity index (χ0) is 17.7. The van der Waals surface area contributed by atoms with Gasteiger partial charge in [-0.05, 0) is 43.7 Å². The zero-order valence-corrected chi connectivity index (χ0v) is 15.2. The second kappa shape index (κ2) is 8.12. The smallest absolute Gasteiger partial charge is 0.311 e. The molecule has 0 heterocycles. The Morgan fingerprint density at radius 3 is 2.58 bits per heavy atom. The molecule has 1 saturated carbocycles. The van der Waals surface area contributed by atoms with E-state index in [1.165, 1.54) is 18.2 Å². The molecule has 1 aliphatic rings. The summed E-state index contributed by atoms with van der Waals surface area (Å²) in [6.07, 6.45) is 5.94. The first-order valence-corrected chi connectivity index (χ1v) is 10.2. The van der Waals surface area contributed by atoms with Crippen LogP contribution in [0.5, 0.6) is 5.75 Å². The number of benzene rings is 1. The van der Waals surface area contributed by atoms with Crippen LogP contribution in [0, 0.1) is 5.92 Å². The maximum absolute atomic E-state index is 11.9. The van der Waals surface area contributed by atoms with Crippen LogP contribution in [0.25, 0.3) is 0 Å². The van der Waals surface area contributed by atoms with Crippen molar-refractivity contribution in [2.24, 2.45) is 5.92 Å². The fourth-order valence-electron chi connectivity index (χ4n) is 2.85. The number of carbonyl (C=O) groups excluding carboxylic acids is 2. The normalized spacial score (nSPS) is 16.2. The van der Waals surface area contributed by atoms with E-state index in [0.29, 0.717) is 31.0 Å². The minimum Gasteiger partial charge on any atom is -0.425 e. The number of carbonyl (C=O) groups is 2. The number of rotatable bonds is 6. The monoisotopic (exact) mass is 372 g/mol. The van der Waals surface area contributed by atoms with E-state index in [1.54, 1.807) is 0 Å². The summed E-state index contributed by atoms with van der Waals surface area (Å²) in [7, 11) is -3.48. The van der Waals surface area contributed by atoms with Crippen LogP contribution in [0.2, 0.25) is 5.02 Å². The van der Waals surface area contributed by atoms with Gasteiger partial charge in [-0.3, -0.25) is 9.59 Å². The van der Waals surface area contributed by atoms with Crippen LogP contribution in [0.3, 0.4) is 0 Å². The van der Waals surface area contributed by atoms with Crippen molar-refractivity contribution in [3.05, 3.63) is 23.2 Å². The van der Waals surface area contributed by atoms with Gasteiger partial charge in [-0.15, -0.1) is 0 Å². The Balaban J connectivity index is 1.86. The first-order chi connectivity index (χ1) is 11.3. The van der Waals surface area contributed by atoms with Gasteiger partial charge in [-0.1, -0.05) is 17.7 Å². The van der Waals surface area contributed by atoms with Crippen molar-refractivity contribution in [2.75, 3.05) is 6.26 Å². The lowest BCUT2D eigenvalue weighted by molar-refractivity contribution is -0.134. The summed E-state index contributed by atoms with van der Waals surface area (Å²) in [5.41, 5.74) is 0.